The minimum absolute atomic E-state index is 0.200. The number of Topliss-reactive ketones (excluding diaryl/α,β-unsaturated/α-hetero) is 1. The van der Waals surface area contributed by atoms with Gasteiger partial charge < -0.3 is 0 Å². The lowest BCUT2D eigenvalue weighted by Gasteiger charge is -2.43. The first-order valence-corrected chi connectivity index (χ1v) is 7.52. The molecule has 0 aromatic heterocycles. The van der Waals surface area contributed by atoms with E-state index in [1.807, 2.05) is 0 Å². The SMILES string of the molecule is CC1C(=O)CCN(C2CCc3ccccc3C2)C1C. The van der Waals surface area contributed by atoms with Crippen molar-refractivity contribution in [3.8, 4) is 0 Å². The minimum Gasteiger partial charge on any atom is -0.299 e. The van der Waals surface area contributed by atoms with Gasteiger partial charge in [0.2, 0.25) is 0 Å². The molecule has 0 bridgehead atoms. The van der Waals surface area contributed by atoms with Crippen molar-refractivity contribution in [2.24, 2.45) is 5.92 Å². The van der Waals surface area contributed by atoms with Gasteiger partial charge >= 0.3 is 0 Å². The molecule has 1 fully saturated rings. The van der Waals surface area contributed by atoms with Gasteiger partial charge in [0.15, 0.2) is 0 Å². The molecule has 2 heteroatoms. The van der Waals surface area contributed by atoms with E-state index in [0.717, 1.165) is 19.4 Å². The van der Waals surface area contributed by atoms with E-state index in [2.05, 4.69) is 43.0 Å². The molecule has 0 N–H and O–H groups in total. The number of hydrogen-bond acceptors (Lipinski definition) is 2. The molecule has 1 aromatic carbocycles. The van der Waals surface area contributed by atoms with Gasteiger partial charge in [-0.3, -0.25) is 9.69 Å². The van der Waals surface area contributed by atoms with Gasteiger partial charge in [0.1, 0.15) is 5.78 Å². The van der Waals surface area contributed by atoms with E-state index in [0.29, 0.717) is 17.9 Å². The van der Waals surface area contributed by atoms with E-state index in [1.165, 1.54) is 24.0 Å². The summed E-state index contributed by atoms with van der Waals surface area (Å²) in [5.74, 6) is 0.644. The summed E-state index contributed by atoms with van der Waals surface area (Å²) in [6.07, 6.45) is 4.32. The third-order valence-corrected chi connectivity index (χ3v) is 5.16. The Morgan fingerprint density at radius 3 is 2.63 bits per heavy atom. The van der Waals surface area contributed by atoms with Gasteiger partial charge in [-0.25, -0.2) is 0 Å². The average molecular weight is 257 g/mol. The molecule has 19 heavy (non-hydrogen) atoms. The Morgan fingerprint density at radius 1 is 1.11 bits per heavy atom. The Kier molecular flexibility index (Phi) is 3.44. The number of aryl methyl sites for hydroxylation is 1. The Labute approximate surface area is 115 Å². The van der Waals surface area contributed by atoms with Crippen LogP contribution < -0.4 is 0 Å². The highest BCUT2D eigenvalue weighted by atomic mass is 16.1. The zero-order chi connectivity index (χ0) is 13.4. The predicted molar refractivity (Wildman–Crippen MR) is 77.2 cm³/mol. The van der Waals surface area contributed by atoms with Crippen LogP contribution in [0.15, 0.2) is 24.3 Å². The Hall–Kier alpha value is -1.15. The lowest BCUT2D eigenvalue weighted by Crippen LogP contribution is -2.53. The molecule has 102 valence electrons. The number of hydrogen-bond donors (Lipinski definition) is 0. The van der Waals surface area contributed by atoms with Crippen LogP contribution in [0, 0.1) is 5.92 Å². The van der Waals surface area contributed by atoms with Crippen LogP contribution in [0.5, 0.6) is 0 Å². The summed E-state index contributed by atoms with van der Waals surface area (Å²) < 4.78 is 0. The molecular formula is C17H23NO. The largest absolute Gasteiger partial charge is 0.299 e. The second-order valence-corrected chi connectivity index (χ2v) is 6.15. The number of ketones is 1. The van der Waals surface area contributed by atoms with Crippen LogP contribution >= 0.6 is 0 Å². The number of carbonyl (C=O) groups is 1. The summed E-state index contributed by atoms with van der Waals surface area (Å²) in [5.41, 5.74) is 3.03. The molecule has 3 rings (SSSR count). The van der Waals surface area contributed by atoms with E-state index in [4.69, 9.17) is 0 Å². The summed E-state index contributed by atoms with van der Waals surface area (Å²) >= 11 is 0. The molecule has 3 unspecified atom stereocenters. The van der Waals surface area contributed by atoms with Crippen LogP contribution in [-0.4, -0.2) is 29.3 Å². The normalized spacial score (nSPS) is 32.1. The second kappa shape index (κ2) is 5.09. The van der Waals surface area contributed by atoms with E-state index in [1.54, 1.807) is 0 Å². The topological polar surface area (TPSA) is 20.3 Å². The van der Waals surface area contributed by atoms with Crippen molar-refractivity contribution >= 4 is 5.78 Å². The third kappa shape index (κ3) is 2.34. The zero-order valence-corrected chi connectivity index (χ0v) is 11.9. The molecule has 0 radical (unpaired) electrons. The molecule has 0 spiro atoms. The number of benzene rings is 1. The average Bonchev–Trinajstić information content (AvgIpc) is 2.44. The van der Waals surface area contributed by atoms with Crippen LogP contribution in [0.1, 0.15) is 37.8 Å². The fourth-order valence-corrected chi connectivity index (χ4v) is 3.70. The first-order chi connectivity index (χ1) is 9.16. The number of likely N-dealkylation sites (tertiary alicyclic amines) is 1. The molecule has 1 saturated heterocycles. The Morgan fingerprint density at radius 2 is 1.84 bits per heavy atom. The molecule has 2 nitrogen and oxygen atoms in total. The first kappa shape index (κ1) is 12.9. The highest BCUT2D eigenvalue weighted by Gasteiger charge is 2.35. The van der Waals surface area contributed by atoms with Gasteiger partial charge in [-0.2, -0.15) is 0 Å². The van der Waals surface area contributed by atoms with Gasteiger partial charge in [0, 0.05) is 31.0 Å². The van der Waals surface area contributed by atoms with Crippen LogP contribution in [0.3, 0.4) is 0 Å². The summed E-state index contributed by atoms with van der Waals surface area (Å²) in [7, 11) is 0. The summed E-state index contributed by atoms with van der Waals surface area (Å²) in [6.45, 7) is 5.27. The fraction of sp³-hybridized carbons (Fsp3) is 0.588. The van der Waals surface area contributed by atoms with E-state index in [9.17, 15) is 4.79 Å². The van der Waals surface area contributed by atoms with Gasteiger partial charge in [-0.15, -0.1) is 0 Å². The molecule has 2 aliphatic rings. The Balaban J connectivity index is 1.76. The smallest absolute Gasteiger partial charge is 0.138 e. The van der Waals surface area contributed by atoms with Crippen molar-refractivity contribution in [2.45, 2.75) is 51.6 Å². The van der Waals surface area contributed by atoms with Gasteiger partial charge in [0.25, 0.3) is 0 Å². The lowest BCUT2D eigenvalue weighted by molar-refractivity contribution is -0.128. The molecule has 3 atom stereocenters. The van der Waals surface area contributed by atoms with Crippen LogP contribution in [0.25, 0.3) is 0 Å². The van der Waals surface area contributed by atoms with Crippen molar-refractivity contribution in [1.82, 2.24) is 4.90 Å². The summed E-state index contributed by atoms with van der Waals surface area (Å²) in [5, 5.41) is 0. The van der Waals surface area contributed by atoms with Crippen LogP contribution in [-0.2, 0) is 17.6 Å². The molecule has 1 aliphatic heterocycles. The zero-order valence-electron chi connectivity index (χ0n) is 11.9. The lowest BCUT2D eigenvalue weighted by atomic mass is 9.83. The van der Waals surface area contributed by atoms with Crippen molar-refractivity contribution in [1.29, 1.82) is 0 Å². The van der Waals surface area contributed by atoms with Crippen LogP contribution in [0.4, 0.5) is 0 Å². The number of carbonyl (C=O) groups excluding carboxylic acids is 1. The molecule has 1 heterocycles. The maximum Gasteiger partial charge on any atom is 0.138 e. The van der Waals surface area contributed by atoms with E-state index >= 15 is 0 Å². The van der Waals surface area contributed by atoms with Crippen molar-refractivity contribution in [3.05, 3.63) is 35.4 Å². The highest BCUT2D eigenvalue weighted by molar-refractivity contribution is 5.82. The van der Waals surface area contributed by atoms with Crippen molar-refractivity contribution in [2.75, 3.05) is 6.54 Å². The fourth-order valence-electron chi connectivity index (χ4n) is 3.70. The van der Waals surface area contributed by atoms with Gasteiger partial charge in [0.05, 0.1) is 0 Å². The van der Waals surface area contributed by atoms with E-state index < -0.39 is 0 Å². The van der Waals surface area contributed by atoms with Crippen LogP contribution in [0.2, 0.25) is 0 Å². The number of nitrogens with zero attached hydrogens (tertiary/aromatic N) is 1. The first-order valence-electron chi connectivity index (χ1n) is 7.52. The van der Waals surface area contributed by atoms with Crippen molar-refractivity contribution in [3.63, 3.8) is 0 Å². The maximum atomic E-state index is 11.8. The molecule has 0 saturated carbocycles. The Bertz CT molecular complexity index is 482. The van der Waals surface area contributed by atoms with Crippen molar-refractivity contribution < 1.29 is 4.79 Å². The van der Waals surface area contributed by atoms with E-state index in [-0.39, 0.29) is 5.92 Å². The minimum atomic E-state index is 0.200. The monoisotopic (exact) mass is 257 g/mol. The van der Waals surface area contributed by atoms with Gasteiger partial charge in [-0.05, 0) is 37.3 Å². The predicted octanol–water partition coefficient (Wildman–Crippen LogP) is 2.84. The molecule has 1 aromatic rings. The summed E-state index contributed by atoms with van der Waals surface area (Å²) in [6, 6.07) is 9.84. The number of fused-ring (bicyclic) bond motifs is 1. The molecule has 1 aliphatic carbocycles. The standard InChI is InChI=1S/C17H23NO/c1-12-13(2)18(10-9-17(12)19)16-8-7-14-5-3-4-6-15(14)11-16/h3-6,12-13,16H,7-11H2,1-2H3. The molecule has 0 amide bonds. The van der Waals surface area contributed by atoms with Gasteiger partial charge in [-0.1, -0.05) is 31.2 Å². The molecular weight excluding hydrogens is 234 g/mol. The quantitative estimate of drug-likeness (QED) is 0.771. The number of piperidine rings is 1. The maximum absolute atomic E-state index is 11.8. The third-order valence-electron chi connectivity index (χ3n) is 5.16. The second-order valence-electron chi connectivity index (χ2n) is 6.15. The summed E-state index contributed by atoms with van der Waals surface area (Å²) in [4.78, 5) is 14.4. The number of rotatable bonds is 1. The highest BCUT2D eigenvalue weighted by Crippen LogP contribution is 2.29.